The minimum atomic E-state index is -0.672. The first-order valence-electron chi connectivity index (χ1n) is 8.57. The van der Waals surface area contributed by atoms with Crippen LogP contribution in [0.1, 0.15) is 55.3 Å². The van der Waals surface area contributed by atoms with Crippen molar-refractivity contribution in [3.05, 3.63) is 35.0 Å². The summed E-state index contributed by atoms with van der Waals surface area (Å²) in [7, 11) is 3.24. The fourth-order valence-corrected chi connectivity index (χ4v) is 3.32. The van der Waals surface area contributed by atoms with Gasteiger partial charge in [-0.05, 0) is 25.5 Å². The van der Waals surface area contributed by atoms with Crippen molar-refractivity contribution in [2.24, 2.45) is 0 Å². The molecule has 0 spiro atoms. The summed E-state index contributed by atoms with van der Waals surface area (Å²) in [5.74, 6) is 2.71. The van der Waals surface area contributed by atoms with Crippen LogP contribution in [0.5, 0.6) is 11.5 Å². The number of benzene rings is 1. The van der Waals surface area contributed by atoms with Gasteiger partial charge in [-0.15, -0.1) is 0 Å². The number of rotatable bonds is 6. The molecule has 7 heteroatoms. The molecule has 25 heavy (non-hydrogen) atoms. The predicted molar refractivity (Wildman–Crippen MR) is 91.6 cm³/mol. The van der Waals surface area contributed by atoms with Gasteiger partial charge in [-0.25, -0.2) is 0 Å². The zero-order chi connectivity index (χ0) is 18.0. The molecular weight excluding hydrogens is 322 g/mol. The minimum absolute atomic E-state index is 0.100. The maximum atomic E-state index is 10.7. The third-order valence-corrected chi connectivity index (χ3v) is 4.68. The molecule has 0 amide bonds. The van der Waals surface area contributed by atoms with E-state index in [-0.39, 0.29) is 6.04 Å². The molecule has 3 rings (SSSR count). The van der Waals surface area contributed by atoms with E-state index >= 15 is 0 Å². The van der Waals surface area contributed by atoms with Crippen LogP contribution < -0.4 is 9.47 Å². The highest BCUT2D eigenvalue weighted by Crippen LogP contribution is 2.41. The molecule has 0 saturated heterocycles. The summed E-state index contributed by atoms with van der Waals surface area (Å²) in [6.07, 6.45) is 1.10. The Morgan fingerprint density at radius 1 is 1.32 bits per heavy atom. The number of ether oxygens (including phenoxy) is 2. The lowest BCUT2D eigenvalue weighted by Crippen LogP contribution is -2.36. The van der Waals surface area contributed by atoms with E-state index in [1.807, 2.05) is 19.1 Å². The second-order valence-electron chi connectivity index (χ2n) is 6.28. The number of hydrogen-bond donors (Lipinski definition) is 1. The Morgan fingerprint density at radius 3 is 2.72 bits per heavy atom. The molecule has 0 saturated carbocycles. The number of hydrogen-bond acceptors (Lipinski definition) is 7. The quantitative estimate of drug-likeness (QED) is 0.860. The van der Waals surface area contributed by atoms with Crippen molar-refractivity contribution in [2.75, 3.05) is 20.8 Å². The Bertz CT molecular complexity index is 731. The van der Waals surface area contributed by atoms with E-state index in [0.717, 1.165) is 35.5 Å². The van der Waals surface area contributed by atoms with Crippen molar-refractivity contribution in [1.82, 2.24) is 15.0 Å². The van der Waals surface area contributed by atoms with Crippen molar-refractivity contribution in [3.63, 3.8) is 0 Å². The molecule has 2 aromatic rings. The van der Waals surface area contributed by atoms with Gasteiger partial charge in [-0.2, -0.15) is 4.98 Å². The topological polar surface area (TPSA) is 80.9 Å². The highest BCUT2D eigenvalue weighted by molar-refractivity contribution is 5.51. The van der Waals surface area contributed by atoms with Crippen LogP contribution in [-0.4, -0.2) is 40.9 Å². The summed E-state index contributed by atoms with van der Waals surface area (Å²) in [5.41, 5.74) is 1.73. The molecule has 0 bridgehead atoms. The zero-order valence-corrected chi connectivity index (χ0v) is 15.2. The Hall–Kier alpha value is -2.12. The summed E-state index contributed by atoms with van der Waals surface area (Å²) >= 11 is 0. The largest absolute Gasteiger partial charge is 0.496 e. The molecule has 1 aliphatic heterocycles. The lowest BCUT2D eigenvalue weighted by atomic mass is 9.94. The van der Waals surface area contributed by atoms with E-state index < -0.39 is 6.10 Å². The molecule has 0 aliphatic carbocycles. The van der Waals surface area contributed by atoms with Gasteiger partial charge in [0, 0.05) is 30.6 Å². The van der Waals surface area contributed by atoms with Crippen molar-refractivity contribution in [3.8, 4) is 11.5 Å². The molecule has 7 nitrogen and oxygen atoms in total. The van der Waals surface area contributed by atoms with Crippen LogP contribution in [0.4, 0.5) is 0 Å². The minimum Gasteiger partial charge on any atom is -0.496 e. The van der Waals surface area contributed by atoms with Crippen molar-refractivity contribution < 1.29 is 19.1 Å². The first kappa shape index (κ1) is 17.7. The third-order valence-electron chi connectivity index (χ3n) is 4.68. The lowest BCUT2D eigenvalue weighted by molar-refractivity contribution is 0.0567. The molecule has 1 N–H and O–H groups in total. The second-order valence-corrected chi connectivity index (χ2v) is 6.28. The zero-order valence-electron chi connectivity index (χ0n) is 15.2. The number of aromatic nitrogens is 2. The van der Waals surface area contributed by atoms with Gasteiger partial charge < -0.3 is 19.1 Å². The average molecular weight is 347 g/mol. The van der Waals surface area contributed by atoms with E-state index in [2.05, 4.69) is 22.0 Å². The Balaban J connectivity index is 1.89. The summed E-state index contributed by atoms with van der Waals surface area (Å²) in [6, 6.07) is 3.59. The molecular formula is C18H25N3O4. The smallest absolute Gasteiger partial charge is 0.243 e. The Morgan fingerprint density at radius 2 is 2.04 bits per heavy atom. The van der Waals surface area contributed by atoms with Crippen LogP contribution in [0, 0.1) is 0 Å². The number of aliphatic hydroxyl groups is 1. The van der Waals surface area contributed by atoms with E-state index in [1.54, 1.807) is 14.2 Å². The molecule has 1 aromatic carbocycles. The maximum Gasteiger partial charge on any atom is 0.243 e. The van der Waals surface area contributed by atoms with Gasteiger partial charge in [0.15, 0.2) is 5.82 Å². The lowest BCUT2D eigenvalue weighted by Gasteiger charge is -2.36. The van der Waals surface area contributed by atoms with Crippen molar-refractivity contribution >= 4 is 0 Å². The van der Waals surface area contributed by atoms with Gasteiger partial charge in [0.05, 0.1) is 26.4 Å². The van der Waals surface area contributed by atoms with E-state index in [1.165, 1.54) is 0 Å². The summed E-state index contributed by atoms with van der Waals surface area (Å²) < 4.78 is 16.3. The number of aliphatic hydroxyl groups excluding tert-OH is 1. The van der Waals surface area contributed by atoms with Crippen LogP contribution in [0.2, 0.25) is 0 Å². The number of fused-ring (bicyclic) bond motifs is 1. The monoisotopic (exact) mass is 347 g/mol. The fourth-order valence-electron chi connectivity index (χ4n) is 3.32. The van der Waals surface area contributed by atoms with Crippen LogP contribution in [0.25, 0.3) is 0 Å². The Labute approximate surface area is 147 Å². The van der Waals surface area contributed by atoms with Crippen LogP contribution in [0.3, 0.4) is 0 Å². The second kappa shape index (κ2) is 7.41. The molecule has 0 fully saturated rings. The van der Waals surface area contributed by atoms with Crippen LogP contribution in [0.15, 0.2) is 16.7 Å². The first-order chi connectivity index (χ1) is 12.1. The highest BCUT2D eigenvalue weighted by atomic mass is 16.5. The normalized spacial score (nSPS) is 18.7. The van der Waals surface area contributed by atoms with Crippen LogP contribution in [-0.2, 0) is 13.0 Å². The number of nitrogens with zero attached hydrogens (tertiary/aromatic N) is 3. The average Bonchev–Trinajstić information content (AvgIpc) is 3.08. The molecule has 1 aliphatic rings. The SMILES string of the molecule is CCCc1noc([C@@H](C)N2Cc3c(OC)ccc(OC)c3[C@@H](O)C2)n1. The van der Waals surface area contributed by atoms with Gasteiger partial charge in [0.25, 0.3) is 0 Å². The van der Waals surface area contributed by atoms with Crippen molar-refractivity contribution in [2.45, 2.75) is 45.4 Å². The van der Waals surface area contributed by atoms with Crippen molar-refractivity contribution in [1.29, 1.82) is 0 Å². The molecule has 136 valence electrons. The van der Waals surface area contributed by atoms with Gasteiger partial charge in [0.2, 0.25) is 5.89 Å². The first-order valence-corrected chi connectivity index (χ1v) is 8.57. The number of β-amino-alcohol motifs (C(OH)–C–C–N with tert-alkyl or cyclic N) is 1. The molecule has 0 unspecified atom stereocenters. The molecule has 2 atom stereocenters. The highest BCUT2D eigenvalue weighted by Gasteiger charge is 2.33. The van der Waals surface area contributed by atoms with Gasteiger partial charge >= 0.3 is 0 Å². The van der Waals surface area contributed by atoms with Gasteiger partial charge in [-0.3, -0.25) is 4.90 Å². The molecule has 2 heterocycles. The summed E-state index contributed by atoms with van der Waals surface area (Å²) in [5, 5.41) is 14.7. The molecule has 0 radical (unpaired) electrons. The Kier molecular flexibility index (Phi) is 5.24. The third kappa shape index (κ3) is 3.34. The number of methoxy groups -OCH3 is 2. The van der Waals surface area contributed by atoms with E-state index in [9.17, 15) is 5.11 Å². The van der Waals surface area contributed by atoms with E-state index in [4.69, 9.17) is 14.0 Å². The maximum absolute atomic E-state index is 10.7. The van der Waals surface area contributed by atoms with E-state index in [0.29, 0.717) is 24.7 Å². The fraction of sp³-hybridized carbons (Fsp3) is 0.556. The van der Waals surface area contributed by atoms with Gasteiger partial charge in [-0.1, -0.05) is 12.1 Å². The standard InChI is InChI=1S/C18H25N3O4/c1-5-6-16-19-18(25-20-16)11(2)21-9-12-14(23-3)7-8-15(24-4)17(12)13(22)10-21/h7-8,11,13,22H,5-6,9-10H2,1-4H3/t11-,13+/m1/s1. The number of aryl methyl sites for hydroxylation is 1. The summed E-state index contributed by atoms with van der Waals surface area (Å²) in [4.78, 5) is 6.58. The van der Waals surface area contributed by atoms with Gasteiger partial charge in [0.1, 0.15) is 11.5 Å². The van der Waals surface area contributed by atoms with Crippen LogP contribution >= 0.6 is 0 Å². The summed E-state index contributed by atoms with van der Waals surface area (Å²) in [6.45, 7) is 5.16. The molecule has 1 aromatic heterocycles. The predicted octanol–water partition coefficient (Wildman–Crippen LogP) is 2.65.